The van der Waals surface area contributed by atoms with Gasteiger partial charge in [0, 0.05) is 26.7 Å². The fourth-order valence-corrected chi connectivity index (χ4v) is 2.30. The van der Waals surface area contributed by atoms with Crippen molar-refractivity contribution in [2.45, 2.75) is 6.54 Å². The molecule has 0 atom stereocenters. The molecule has 1 aliphatic heterocycles. The SMILES string of the molecule is CN(C)Cc1nc(Cl)ccc1N1CCN(C)C(=O)C1. The summed E-state index contributed by atoms with van der Waals surface area (Å²) in [4.78, 5) is 22.1. The lowest BCUT2D eigenvalue weighted by molar-refractivity contribution is -0.129. The molecule has 0 saturated carbocycles. The summed E-state index contributed by atoms with van der Waals surface area (Å²) in [6.45, 7) is 2.67. The van der Waals surface area contributed by atoms with Crippen molar-refractivity contribution in [1.82, 2.24) is 14.8 Å². The summed E-state index contributed by atoms with van der Waals surface area (Å²) in [7, 11) is 5.81. The summed E-state index contributed by atoms with van der Waals surface area (Å²) in [6, 6.07) is 3.73. The second-order valence-electron chi connectivity index (χ2n) is 5.07. The maximum absolute atomic E-state index is 11.8. The Labute approximate surface area is 118 Å². The summed E-state index contributed by atoms with van der Waals surface area (Å²) in [5.41, 5.74) is 1.91. The molecule has 1 amide bonds. The highest BCUT2D eigenvalue weighted by molar-refractivity contribution is 6.29. The van der Waals surface area contributed by atoms with Gasteiger partial charge in [-0.05, 0) is 26.2 Å². The number of amides is 1. The van der Waals surface area contributed by atoms with Crippen LogP contribution < -0.4 is 4.90 Å². The van der Waals surface area contributed by atoms with Crippen molar-refractivity contribution < 1.29 is 4.79 Å². The van der Waals surface area contributed by atoms with Gasteiger partial charge in [0.25, 0.3) is 0 Å². The van der Waals surface area contributed by atoms with Gasteiger partial charge in [-0.2, -0.15) is 0 Å². The van der Waals surface area contributed by atoms with Crippen LogP contribution >= 0.6 is 11.6 Å². The summed E-state index contributed by atoms with van der Waals surface area (Å²) in [5.74, 6) is 0.136. The van der Waals surface area contributed by atoms with Crippen LogP contribution in [0.25, 0.3) is 0 Å². The number of aromatic nitrogens is 1. The maximum Gasteiger partial charge on any atom is 0.241 e. The predicted molar refractivity (Wildman–Crippen MR) is 76.5 cm³/mol. The first-order chi connectivity index (χ1) is 8.97. The van der Waals surface area contributed by atoms with Crippen LogP contribution in [0.5, 0.6) is 0 Å². The molecule has 104 valence electrons. The van der Waals surface area contributed by atoms with E-state index in [1.165, 1.54) is 0 Å². The number of hydrogen-bond donors (Lipinski definition) is 0. The van der Waals surface area contributed by atoms with Gasteiger partial charge in [0.1, 0.15) is 5.15 Å². The van der Waals surface area contributed by atoms with Crippen molar-refractivity contribution in [3.63, 3.8) is 0 Å². The number of piperazine rings is 1. The Kier molecular flexibility index (Phi) is 4.27. The lowest BCUT2D eigenvalue weighted by Crippen LogP contribution is -2.49. The van der Waals surface area contributed by atoms with E-state index in [1.807, 2.05) is 32.1 Å². The van der Waals surface area contributed by atoms with E-state index < -0.39 is 0 Å². The van der Waals surface area contributed by atoms with Gasteiger partial charge in [0.2, 0.25) is 5.91 Å². The van der Waals surface area contributed by atoms with E-state index in [4.69, 9.17) is 11.6 Å². The molecule has 2 rings (SSSR count). The van der Waals surface area contributed by atoms with Crippen molar-refractivity contribution >= 4 is 23.2 Å². The lowest BCUT2D eigenvalue weighted by atomic mass is 10.2. The standard InChI is InChI=1S/C13H19ClN4O/c1-16(2)8-10-11(4-5-12(14)15-10)18-7-6-17(3)13(19)9-18/h4-5H,6-9H2,1-3H3. The summed E-state index contributed by atoms with van der Waals surface area (Å²) in [5, 5.41) is 0.487. The molecule has 0 spiro atoms. The van der Waals surface area contributed by atoms with Crippen LogP contribution in [0.2, 0.25) is 5.15 Å². The van der Waals surface area contributed by atoms with Gasteiger partial charge in [-0.1, -0.05) is 11.6 Å². The van der Waals surface area contributed by atoms with Gasteiger partial charge >= 0.3 is 0 Å². The van der Waals surface area contributed by atoms with Crippen molar-refractivity contribution in [3.05, 3.63) is 23.0 Å². The molecule has 0 radical (unpaired) electrons. The summed E-state index contributed by atoms with van der Waals surface area (Å²) >= 11 is 5.97. The zero-order chi connectivity index (χ0) is 14.0. The molecule has 0 N–H and O–H groups in total. The fourth-order valence-electron chi connectivity index (χ4n) is 2.14. The highest BCUT2D eigenvalue weighted by Crippen LogP contribution is 2.23. The second-order valence-corrected chi connectivity index (χ2v) is 5.46. The van der Waals surface area contributed by atoms with Crippen molar-refractivity contribution in [2.24, 2.45) is 0 Å². The maximum atomic E-state index is 11.8. The Bertz CT molecular complexity index is 478. The van der Waals surface area contributed by atoms with Gasteiger partial charge in [-0.25, -0.2) is 4.98 Å². The third-order valence-electron chi connectivity index (χ3n) is 3.18. The number of pyridine rings is 1. The molecule has 2 heterocycles. The zero-order valence-corrected chi connectivity index (χ0v) is 12.3. The number of carbonyl (C=O) groups excluding carboxylic acids is 1. The van der Waals surface area contributed by atoms with Gasteiger partial charge in [-0.15, -0.1) is 0 Å². The molecule has 6 heteroatoms. The molecular weight excluding hydrogens is 264 g/mol. The van der Waals surface area contributed by atoms with Crippen LogP contribution in [-0.4, -0.2) is 61.5 Å². The van der Waals surface area contributed by atoms with Crippen LogP contribution in [0.3, 0.4) is 0 Å². The topological polar surface area (TPSA) is 39.7 Å². The Morgan fingerprint density at radius 1 is 1.37 bits per heavy atom. The molecule has 0 unspecified atom stereocenters. The highest BCUT2D eigenvalue weighted by atomic mass is 35.5. The first-order valence-electron chi connectivity index (χ1n) is 6.26. The quantitative estimate of drug-likeness (QED) is 0.778. The Morgan fingerprint density at radius 3 is 2.74 bits per heavy atom. The minimum absolute atomic E-state index is 0.136. The summed E-state index contributed by atoms with van der Waals surface area (Å²) in [6.07, 6.45) is 0. The number of halogens is 1. The molecule has 1 fully saturated rings. The number of likely N-dealkylation sites (N-methyl/N-ethyl adjacent to an activating group) is 1. The van der Waals surface area contributed by atoms with Gasteiger partial charge in [-0.3, -0.25) is 4.79 Å². The Hall–Kier alpha value is -1.33. The lowest BCUT2D eigenvalue weighted by Gasteiger charge is -2.34. The number of hydrogen-bond acceptors (Lipinski definition) is 4. The van der Waals surface area contributed by atoms with Crippen LogP contribution in [-0.2, 0) is 11.3 Å². The highest BCUT2D eigenvalue weighted by Gasteiger charge is 2.23. The molecule has 19 heavy (non-hydrogen) atoms. The van der Waals surface area contributed by atoms with Crippen molar-refractivity contribution in [1.29, 1.82) is 0 Å². The van der Waals surface area contributed by atoms with E-state index in [2.05, 4.69) is 9.88 Å². The third kappa shape index (κ3) is 3.36. The number of nitrogens with zero attached hydrogens (tertiary/aromatic N) is 4. The van der Waals surface area contributed by atoms with Crippen molar-refractivity contribution in [2.75, 3.05) is 45.7 Å². The van der Waals surface area contributed by atoms with Gasteiger partial charge in [0.05, 0.1) is 17.9 Å². The van der Waals surface area contributed by atoms with E-state index in [9.17, 15) is 4.79 Å². The predicted octanol–water partition coefficient (Wildman–Crippen LogP) is 1.07. The molecule has 0 bridgehead atoms. The minimum atomic E-state index is 0.136. The van der Waals surface area contributed by atoms with Crippen LogP contribution in [0.4, 0.5) is 5.69 Å². The zero-order valence-electron chi connectivity index (χ0n) is 11.6. The first-order valence-corrected chi connectivity index (χ1v) is 6.64. The monoisotopic (exact) mass is 282 g/mol. The molecule has 0 aromatic carbocycles. The average molecular weight is 283 g/mol. The van der Waals surface area contributed by atoms with Crippen LogP contribution in [0.1, 0.15) is 5.69 Å². The van der Waals surface area contributed by atoms with Crippen molar-refractivity contribution in [3.8, 4) is 0 Å². The van der Waals surface area contributed by atoms with Gasteiger partial charge < -0.3 is 14.7 Å². The van der Waals surface area contributed by atoms with Crippen LogP contribution in [0, 0.1) is 0 Å². The smallest absolute Gasteiger partial charge is 0.241 e. The largest absolute Gasteiger partial charge is 0.359 e. The minimum Gasteiger partial charge on any atom is -0.359 e. The third-order valence-corrected chi connectivity index (χ3v) is 3.39. The molecule has 0 aliphatic carbocycles. The van der Waals surface area contributed by atoms with E-state index in [1.54, 1.807) is 11.0 Å². The molecule has 1 aromatic heterocycles. The second kappa shape index (κ2) is 5.75. The number of carbonyl (C=O) groups is 1. The summed E-state index contributed by atoms with van der Waals surface area (Å²) < 4.78 is 0. The van der Waals surface area contributed by atoms with E-state index in [-0.39, 0.29) is 5.91 Å². The van der Waals surface area contributed by atoms with Gasteiger partial charge in [0.15, 0.2) is 0 Å². The normalized spacial score (nSPS) is 16.4. The molecule has 1 aromatic rings. The first kappa shape index (κ1) is 14.1. The molecular formula is C13H19ClN4O. The van der Waals surface area contributed by atoms with E-state index in [0.29, 0.717) is 18.2 Å². The average Bonchev–Trinajstić information content (AvgIpc) is 2.32. The van der Waals surface area contributed by atoms with E-state index in [0.717, 1.165) is 24.5 Å². The molecule has 5 nitrogen and oxygen atoms in total. The Morgan fingerprint density at radius 2 is 2.11 bits per heavy atom. The molecule has 1 aliphatic rings. The Balaban J connectivity index is 2.26. The fraction of sp³-hybridized carbons (Fsp3) is 0.538. The number of anilines is 1. The number of rotatable bonds is 3. The van der Waals surface area contributed by atoms with E-state index >= 15 is 0 Å². The van der Waals surface area contributed by atoms with Crippen LogP contribution in [0.15, 0.2) is 12.1 Å². The molecule has 1 saturated heterocycles.